The Hall–Kier alpha value is -0.840. The summed E-state index contributed by atoms with van der Waals surface area (Å²) in [5.41, 5.74) is 0.772. The van der Waals surface area contributed by atoms with Crippen LogP contribution in [0.2, 0.25) is 5.02 Å². The lowest BCUT2D eigenvalue weighted by Gasteiger charge is -2.29. The number of halogens is 1. The molecule has 0 radical (unpaired) electrons. The highest BCUT2D eigenvalue weighted by Gasteiger charge is 2.15. The fourth-order valence-corrected chi connectivity index (χ4v) is 2.32. The van der Waals surface area contributed by atoms with Crippen LogP contribution in [-0.4, -0.2) is 41.3 Å². The first-order valence-corrected chi connectivity index (χ1v) is 6.28. The molecule has 1 aromatic carbocycles. The molecule has 17 heavy (non-hydrogen) atoms. The quantitative estimate of drug-likeness (QED) is 0.837. The molecule has 0 aromatic heterocycles. The van der Waals surface area contributed by atoms with E-state index in [0.29, 0.717) is 24.7 Å². The molecule has 92 valence electrons. The van der Waals surface area contributed by atoms with Crippen LogP contribution in [-0.2, 0) is 11.2 Å². The number of phenolic OH excluding ortho intramolecular Hbond substituents is 1. The standard InChI is InChI=1S/C12H14ClNO2S/c13-10-1-2-11(15)9(7-10)8-12(17)14-3-5-16-6-4-14/h1-2,7,15H,3-6,8H2. The summed E-state index contributed by atoms with van der Waals surface area (Å²) in [7, 11) is 0. The smallest absolute Gasteiger partial charge is 0.119 e. The number of nitrogens with zero attached hydrogens (tertiary/aromatic N) is 1. The van der Waals surface area contributed by atoms with Crippen molar-refractivity contribution in [3.05, 3.63) is 28.8 Å². The molecular weight excluding hydrogens is 258 g/mol. The summed E-state index contributed by atoms with van der Waals surface area (Å²) in [6, 6.07) is 5.02. The Morgan fingerprint density at radius 2 is 2.12 bits per heavy atom. The van der Waals surface area contributed by atoms with Gasteiger partial charge in [0.25, 0.3) is 0 Å². The van der Waals surface area contributed by atoms with E-state index in [0.717, 1.165) is 23.6 Å². The zero-order valence-corrected chi connectivity index (χ0v) is 10.9. The van der Waals surface area contributed by atoms with Crippen LogP contribution in [0.1, 0.15) is 5.56 Å². The van der Waals surface area contributed by atoms with Crippen molar-refractivity contribution in [3.63, 3.8) is 0 Å². The molecule has 1 heterocycles. The molecule has 1 aliphatic heterocycles. The van der Waals surface area contributed by atoms with Gasteiger partial charge in [-0.05, 0) is 18.2 Å². The van der Waals surface area contributed by atoms with Crippen LogP contribution in [0.25, 0.3) is 0 Å². The van der Waals surface area contributed by atoms with Gasteiger partial charge in [0, 0.05) is 30.1 Å². The van der Waals surface area contributed by atoms with Gasteiger partial charge in [0.15, 0.2) is 0 Å². The average Bonchev–Trinajstić information content (AvgIpc) is 2.35. The van der Waals surface area contributed by atoms with E-state index >= 15 is 0 Å². The van der Waals surface area contributed by atoms with Crippen molar-refractivity contribution < 1.29 is 9.84 Å². The lowest BCUT2D eigenvalue weighted by Crippen LogP contribution is -2.40. The Morgan fingerprint density at radius 3 is 2.82 bits per heavy atom. The van der Waals surface area contributed by atoms with E-state index in [9.17, 15) is 5.11 Å². The third-order valence-corrected chi connectivity index (χ3v) is 3.38. The van der Waals surface area contributed by atoms with Gasteiger partial charge in [0.05, 0.1) is 18.2 Å². The number of thiocarbonyl (C=S) groups is 1. The number of benzene rings is 1. The van der Waals surface area contributed by atoms with Crippen LogP contribution in [0, 0.1) is 0 Å². The zero-order valence-electron chi connectivity index (χ0n) is 9.36. The largest absolute Gasteiger partial charge is 0.508 e. The maximum Gasteiger partial charge on any atom is 0.119 e. The number of rotatable bonds is 2. The summed E-state index contributed by atoms with van der Waals surface area (Å²) in [6.45, 7) is 3.06. The minimum atomic E-state index is 0.241. The van der Waals surface area contributed by atoms with E-state index in [1.165, 1.54) is 0 Å². The number of aromatic hydroxyl groups is 1. The summed E-state index contributed by atoms with van der Waals surface area (Å²) >= 11 is 11.3. The van der Waals surface area contributed by atoms with Gasteiger partial charge < -0.3 is 14.7 Å². The van der Waals surface area contributed by atoms with Crippen LogP contribution >= 0.6 is 23.8 Å². The Labute approximate surface area is 111 Å². The van der Waals surface area contributed by atoms with E-state index in [1.807, 2.05) is 0 Å². The zero-order chi connectivity index (χ0) is 12.3. The first-order valence-electron chi connectivity index (χ1n) is 5.50. The van der Waals surface area contributed by atoms with Crippen molar-refractivity contribution in [2.24, 2.45) is 0 Å². The first kappa shape index (κ1) is 12.6. The molecule has 5 heteroatoms. The normalized spacial score (nSPS) is 15.9. The lowest BCUT2D eigenvalue weighted by atomic mass is 10.1. The van der Waals surface area contributed by atoms with Gasteiger partial charge in [-0.25, -0.2) is 0 Å². The number of morpholine rings is 1. The summed E-state index contributed by atoms with van der Waals surface area (Å²) in [5.74, 6) is 0.241. The molecule has 1 N–H and O–H groups in total. The molecular formula is C12H14ClNO2S. The summed E-state index contributed by atoms with van der Waals surface area (Å²) < 4.78 is 5.27. The number of hydrogen-bond acceptors (Lipinski definition) is 3. The molecule has 0 unspecified atom stereocenters. The average molecular weight is 272 g/mol. The predicted octanol–water partition coefficient (Wildman–Crippen LogP) is 2.25. The lowest BCUT2D eigenvalue weighted by molar-refractivity contribution is 0.0684. The fraction of sp³-hybridized carbons (Fsp3) is 0.417. The topological polar surface area (TPSA) is 32.7 Å². The summed E-state index contributed by atoms with van der Waals surface area (Å²) in [5, 5.41) is 10.3. The summed E-state index contributed by atoms with van der Waals surface area (Å²) in [6.07, 6.45) is 0.543. The Kier molecular flexibility index (Phi) is 4.20. The van der Waals surface area contributed by atoms with Crippen LogP contribution in [0.5, 0.6) is 5.75 Å². The van der Waals surface area contributed by atoms with Gasteiger partial charge in [-0.15, -0.1) is 0 Å². The van der Waals surface area contributed by atoms with Gasteiger partial charge in [-0.2, -0.15) is 0 Å². The van der Waals surface area contributed by atoms with Crippen molar-refractivity contribution in [1.29, 1.82) is 0 Å². The second-order valence-corrected chi connectivity index (χ2v) is 4.85. The number of phenols is 1. The highest BCUT2D eigenvalue weighted by atomic mass is 35.5. The minimum Gasteiger partial charge on any atom is -0.508 e. The Balaban J connectivity index is 2.04. The molecule has 0 aliphatic carbocycles. The van der Waals surface area contributed by atoms with E-state index in [4.69, 9.17) is 28.6 Å². The molecule has 0 atom stereocenters. The van der Waals surface area contributed by atoms with Crippen LogP contribution in [0.3, 0.4) is 0 Å². The molecule has 0 bridgehead atoms. The van der Waals surface area contributed by atoms with Gasteiger partial charge in [0.1, 0.15) is 5.75 Å². The van der Waals surface area contributed by atoms with E-state index in [1.54, 1.807) is 18.2 Å². The van der Waals surface area contributed by atoms with Crippen molar-refractivity contribution >= 4 is 28.8 Å². The molecule has 2 rings (SSSR count). The second-order valence-electron chi connectivity index (χ2n) is 3.94. The third kappa shape index (κ3) is 3.31. The van der Waals surface area contributed by atoms with Gasteiger partial charge in [-0.3, -0.25) is 0 Å². The number of ether oxygens (including phenoxy) is 1. The van der Waals surface area contributed by atoms with Crippen molar-refractivity contribution in [2.45, 2.75) is 6.42 Å². The maximum absolute atomic E-state index is 9.72. The van der Waals surface area contributed by atoms with Gasteiger partial charge in [0.2, 0.25) is 0 Å². The molecule has 3 nitrogen and oxygen atoms in total. The third-order valence-electron chi connectivity index (χ3n) is 2.75. The molecule has 1 fully saturated rings. The molecule has 0 amide bonds. The molecule has 0 spiro atoms. The van der Waals surface area contributed by atoms with Crippen molar-refractivity contribution in [3.8, 4) is 5.75 Å². The van der Waals surface area contributed by atoms with Gasteiger partial charge in [-0.1, -0.05) is 23.8 Å². The summed E-state index contributed by atoms with van der Waals surface area (Å²) in [4.78, 5) is 2.94. The molecule has 1 saturated heterocycles. The Morgan fingerprint density at radius 1 is 1.41 bits per heavy atom. The number of hydrogen-bond donors (Lipinski definition) is 1. The van der Waals surface area contributed by atoms with Crippen LogP contribution < -0.4 is 0 Å². The predicted molar refractivity (Wildman–Crippen MR) is 71.8 cm³/mol. The van der Waals surface area contributed by atoms with E-state index in [-0.39, 0.29) is 5.75 Å². The molecule has 0 saturated carbocycles. The molecule has 1 aliphatic rings. The Bertz CT molecular complexity index is 419. The van der Waals surface area contributed by atoms with Crippen molar-refractivity contribution in [1.82, 2.24) is 4.90 Å². The van der Waals surface area contributed by atoms with Crippen LogP contribution in [0.4, 0.5) is 0 Å². The minimum absolute atomic E-state index is 0.241. The molecule has 1 aromatic rings. The van der Waals surface area contributed by atoms with Crippen LogP contribution in [0.15, 0.2) is 18.2 Å². The SMILES string of the molecule is Oc1ccc(Cl)cc1CC(=S)N1CCOCC1. The second kappa shape index (κ2) is 5.67. The fourth-order valence-electron chi connectivity index (χ4n) is 1.78. The maximum atomic E-state index is 9.72. The monoisotopic (exact) mass is 271 g/mol. The van der Waals surface area contributed by atoms with Gasteiger partial charge >= 0.3 is 0 Å². The van der Waals surface area contributed by atoms with E-state index < -0.39 is 0 Å². The van der Waals surface area contributed by atoms with E-state index in [2.05, 4.69) is 4.90 Å². The highest BCUT2D eigenvalue weighted by molar-refractivity contribution is 7.80. The first-order chi connectivity index (χ1) is 8.16. The van der Waals surface area contributed by atoms with Crippen molar-refractivity contribution in [2.75, 3.05) is 26.3 Å². The highest BCUT2D eigenvalue weighted by Crippen LogP contribution is 2.22.